The van der Waals surface area contributed by atoms with Crippen molar-refractivity contribution < 1.29 is 0 Å². The molecule has 4 heteroatoms. The van der Waals surface area contributed by atoms with Crippen LogP contribution in [0.2, 0.25) is 5.02 Å². The molecule has 2 nitrogen and oxygen atoms in total. The number of anilines is 1. The third-order valence-electron chi connectivity index (χ3n) is 2.39. The van der Waals surface area contributed by atoms with E-state index in [-0.39, 0.29) is 0 Å². The summed E-state index contributed by atoms with van der Waals surface area (Å²) in [6.45, 7) is 4.22. The van der Waals surface area contributed by atoms with Gasteiger partial charge in [0.1, 0.15) is 4.99 Å². The van der Waals surface area contributed by atoms with E-state index in [9.17, 15) is 0 Å². The van der Waals surface area contributed by atoms with Crippen molar-refractivity contribution in [2.24, 2.45) is 5.73 Å². The minimum absolute atomic E-state index is 0.371. The third-order valence-corrected chi connectivity index (χ3v) is 2.93. The smallest absolute Gasteiger partial charge is 0.104 e. The molecule has 0 saturated carbocycles. The van der Waals surface area contributed by atoms with E-state index in [4.69, 9.17) is 29.6 Å². The molecular weight excluding hydrogens is 228 g/mol. The van der Waals surface area contributed by atoms with E-state index in [1.807, 2.05) is 19.2 Å². The lowest BCUT2D eigenvalue weighted by atomic mass is 10.2. The fourth-order valence-electron chi connectivity index (χ4n) is 1.22. The van der Waals surface area contributed by atoms with Gasteiger partial charge in [-0.15, -0.1) is 0 Å². The molecule has 2 N–H and O–H groups in total. The highest BCUT2D eigenvalue weighted by Crippen LogP contribution is 2.27. The number of nitrogens with two attached hydrogens (primary N) is 1. The van der Waals surface area contributed by atoms with Crippen LogP contribution in [0.4, 0.5) is 5.69 Å². The van der Waals surface area contributed by atoms with Gasteiger partial charge in [-0.1, -0.05) is 23.8 Å². The first-order valence-electron chi connectivity index (χ1n) is 4.75. The summed E-state index contributed by atoms with van der Waals surface area (Å²) >= 11 is 11.0. The summed E-state index contributed by atoms with van der Waals surface area (Å²) < 4.78 is 0. The quantitative estimate of drug-likeness (QED) is 0.827. The van der Waals surface area contributed by atoms with E-state index in [1.54, 1.807) is 6.07 Å². The maximum Gasteiger partial charge on any atom is 0.104 e. The highest BCUT2D eigenvalue weighted by atomic mass is 35.5. The molecule has 0 saturated heterocycles. The van der Waals surface area contributed by atoms with Crippen LogP contribution in [-0.4, -0.2) is 18.1 Å². The number of halogens is 1. The predicted molar refractivity (Wildman–Crippen MR) is 70.9 cm³/mol. The Labute approximate surface area is 101 Å². The zero-order chi connectivity index (χ0) is 11.6. The highest BCUT2D eigenvalue weighted by molar-refractivity contribution is 7.80. The van der Waals surface area contributed by atoms with Crippen molar-refractivity contribution in [3.8, 4) is 0 Å². The molecule has 0 heterocycles. The average molecular weight is 243 g/mol. The molecule has 0 atom stereocenters. The first kappa shape index (κ1) is 12.3. The SMILES string of the molecule is CC(C)N(C)c1ccc(C(N)=S)cc1Cl. The van der Waals surface area contributed by atoms with Crippen molar-refractivity contribution in [2.75, 3.05) is 11.9 Å². The van der Waals surface area contributed by atoms with Crippen molar-refractivity contribution in [1.82, 2.24) is 0 Å². The summed E-state index contributed by atoms with van der Waals surface area (Å²) in [4.78, 5) is 2.47. The van der Waals surface area contributed by atoms with Gasteiger partial charge in [-0.25, -0.2) is 0 Å². The van der Waals surface area contributed by atoms with Crippen LogP contribution < -0.4 is 10.6 Å². The largest absolute Gasteiger partial charge is 0.389 e. The van der Waals surface area contributed by atoms with E-state index >= 15 is 0 Å². The van der Waals surface area contributed by atoms with Gasteiger partial charge in [0.15, 0.2) is 0 Å². The molecule has 0 bridgehead atoms. The molecule has 0 aromatic heterocycles. The molecule has 0 unspecified atom stereocenters. The van der Waals surface area contributed by atoms with Gasteiger partial charge in [-0.2, -0.15) is 0 Å². The number of nitrogens with zero attached hydrogens (tertiary/aromatic N) is 1. The molecular formula is C11H15ClN2S. The summed E-state index contributed by atoms with van der Waals surface area (Å²) in [6, 6.07) is 6.04. The molecule has 15 heavy (non-hydrogen) atoms. The zero-order valence-electron chi connectivity index (χ0n) is 9.12. The maximum atomic E-state index is 6.16. The van der Waals surface area contributed by atoms with Gasteiger partial charge < -0.3 is 10.6 Å². The molecule has 0 aliphatic rings. The monoisotopic (exact) mass is 242 g/mol. The lowest BCUT2D eigenvalue weighted by molar-refractivity contribution is 0.755. The molecule has 0 aliphatic heterocycles. The molecule has 1 rings (SSSR count). The second-order valence-corrected chi connectivity index (χ2v) is 4.58. The predicted octanol–water partition coefficient (Wildman–Crippen LogP) is 2.82. The molecule has 0 radical (unpaired) electrons. The molecule has 82 valence electrons. The van der Waals surface area contributed by atoms with E-state index < -0.39 is 0 Å². The van der Waals surface area contributed by atoms with Gasteiger partial charge >= 0.3 is 0 Å². The van der Waals surface area contributed by atoms with Crippen LogP contribution in [0.3, 0.4) is 0 Å². The Hall–Kier alpha value is -0.800. The summed E-state index contributed by atoms with van der Waals surface area (Å²) in [7, 11) is 2.01. The molecule has 0 amide bonds. The number of hydrogen-bond acceptors (Lipinski definition) is 2. The van der Waals surface area contributed by atoms with E-state index in [2.05, 4.69) is 18.7 Å². The lowest BCUT2D eigenvalue weighted by Crippen LogP contribution is -2.26. The number of hydrogen-bond donors (Lipinski definition) is 1. The first-order chi connectivity index (χ1) is 6.93. The lowest BCUT2D eigenvalue weighted by Gasteiger charge is -2.25. The van der Waals surface area contributed by atoms with Crippen LogP contribution in [0.1, 0.15) is 19.4 Å². The normalized spacial score (nSPS) is 10.5. The van der Waals surface area contributed by atoms with E-state index in [0.29, 0.717) is 16.1 Å². The Morgan fingerprint density at radius 2 is 2.07 bits per heavy atom. The van der Waals surface area contributed by atoms with Gasteiger partial charge in [-0.05, 0) is 32.0 Å². The van der Waals surface area contributed by atoms with Crippen LogP contribution in [0, 0.1) is 0 Å². The summed E-state index contributed by atoms with van der Waals surface area (Å²) in [5.74, 6) is 0. The number of thiocarbonyl (C=S) groups is 1. The Morgan fingerprint density at radius 1 is 1.47 bits per heavy atom. The topological polar surface area (TPSA) is 29.3 Å². The van der Waals surface area contributed by atoms with Crippen LogP contribution in [0.25, 0.3) is 0 Å². The maximum absolute atomic E-state index is 6.16. The fraction of sp³-hybridized carbons (Fsp3) is 0.364. The summed E-state index contributed by atoms with van der Waals surface area (Å²) in [5, 5.41) is 0.677. The second-order valence-electron chi connectivity index (χ2n) is 3.74. The van der Waals surface area contributed by atoms with Gasteiger partial charge in [-0.3, -0.25) is 0 Å². The molecule has 1 aromatic carbocycles. The van der Waals surface area contributed by atoms with Crippen molar-refractivity contribution in [2.45, 2.75) is 19.9 Å². The van der Waals surface area contributed by atoms with Crippen LogP contribution >= 0.6 is 23.8 Å². The zero-order valence-corrected chi connectivity index (χ0v) is 10.7. The minimum Gasteiger partial charge on any atom is -0.389 e. The van der Waals surface area contributed by atoms with Crippen molar-refractivity contribution >= 4 is 34.5 Å². The third kappa shape index (κ3) is 2.83. The molecule has 1 aromatic rings. The van der Waals surface area contributed by atoms with Gasteiger partial charge in [0.05, 0.1) is 10.7 Å². The minimum atomic E-state index is 0.371. The van der Waals surface area contributed by atoms with Crippen molar-refractivity contribution in [1.29, 1.82) is 0 Å². The Bertz CT molecular complexity index is 377. The average Bonchev–Trinajstić information content (AvgIpc) is 2.16. The van der Waals surface area contributed by atoms with Gasteiger partial charge in [0, 0.05) is 18.7 Å². The fourth-order valence-corrected chi connectivity index (χ4v) is 1.67. The Kier molecular flexibility index (Phi) is 3.94. The Morgan fingerprint density at radius 3 is 2.47 bits per heavy atom. The highest BCUT2D eigenvalue weighted by Gasteiger charge is 2.10. The van der Waals surface area contributed by atoms with Crippen LogP contribution in [0.5, 0.6) is 0 Å². The standard InChI is InChI=1S/C11H15ClN2S/c1-7(2)14(3)10-5-4-8(11(13)15)6-9(10)12/h4-7H,1-3H3,(H2,13,15). The van der Waals surface area contributed by atoms with Gasteiger partial charge in [0.25, 0.3) is 0 Å². The number of rotatable bonds is 3. The second kappa shape index (κ2) is 4.81. The summed E-state index contributed by atoms with van der Waals surface area (Å²) in [6.07, 6.45) is 0. The Balaban J connectivity index is 3.08. The first-order valence-corrected chi connectivity index (χ1v) is 5.54. The van der Waals surface area contributed by atoms with Crippen LogP contribution in [-0.2, 0) is 0 Å². The van der Waals surface area contributed by atoms with Crippen molar-refractivity contribution in [3.63, 3.8) is 0 Å². The molecule has 0 aliphatic carbocycles. The van der Waals surface area contributed by atoms with E-state index in [0.717, 1.165) is 11.3 Å². The molecule has 0 fully saturated rings. The molecule has 0 spiro atoms. The van der Waals surface area contributed by atoms with Crippen molar-refractivity contribution in [3.05, 3.63) is 28.8 Å². The summed E-state index contributed by atoms with van der Waals surface area (Å²) in [5.41, 5.74) is 7.32. The number of benzene rings is 1. The van der Waals surface area contributed by atoms with Gasteiger partial charge in [0.2, 0.25) is 0 Å². The van der Waals surface area contributed by atoms with E-state index in [1.165, 1.54) is 0 Å². The van der Waals surface area contributed by atoms with Crippen LogP contribution in [0.15, 0.2) is 18.2 Å².